The van der Waals surface area contributed by atoms with Gasteiger partial charge in [0.15, 0.2) is 8.32 Å². The molecule has 0 saturated carbocycles. The highest BCUT2D eigenvalue weighted by molar-refractivity contribution is 6.73. The summed E-state index contributed by atoms with van der Waals surface area (Å²) in [5.41, 5.74) is 1.69. The van der Waals surface area contributed by atoms with Gasteiger partial charge in [0.25, 0.3) is 0 Å². The largest absolute Gasteiger partial charge is 0.465 e. The molecule has 106 valence electrons. The number of esters is 1. The van der Waals surface area contributed by atoms with E-state index in [1.165, 1.54) is 7.11 Å². The third kappa shape index (κ3) is 4.18. The van der Waals surface area contributed by atoms with Gasteiger partial charge in [-0.25, -0.2) is 4.79 Å². The Balaban J connectivity index is 2.66. The predicted molar refractivity (Wildman–Crippen MR) is 79.8 cm³/mol. The molecule has 0 aromatic heterocycles. The minimum absolute atomic E-state index is 0.299. The quantitative estimate of drug-likeness (QED) is 0.559. The van der Waals surface area contributed by atoms with E-state index in [4.69, 9.17) is 4.43 Å². The van der Waals surface area contributed by atoms with E-state index >= 15 is 0 Å². The molecule has 0 atom stereocenters. The van der Waals surface area contributed by atoms with Crippen LogP contribution in [0, 0.1) is 0 Å². The summed E-state index contributed by atoms with van der Waals surface area (Å²) in [7, 11) is -0.142. The maximum absolute atomic E-state index is 11.3. The van der Waals surface area contributed by atoms with E-state index in [1.807, 2.05) is 12.1 Å². The van der Waals surface area contributed by atoms with Gasteiger partial charge >= 0.3 is 5.97 Å². The van der Waals surface area contributed by atoms with Crippen LogP contribution < -0.4 is 0 Å². The monoisotopic (exact) mass is 280 g/mol. The average molecular weight is 280 g/mol. The van der Waals surface area contributed by atoms with E-state index in [-0.39, 0.29) is 5.97 Å². The number of hydrogen-bond donors (Lipinski definition) is 0. The van der Waals surface area contributed by atoms with Crippen LogP contribution in [0.15, 0.2) is 24.3 Å². The summed E-state index contributed by atoms with van der Waals surface area (Å²) in [6.45, 7) is 7.31. The van der Waals surface area contributed by atoms with Crippen LogP contribution in [0.1, 0.15) is 36.7 Å². The van der Waals surface area contributed by atoms with Crippen LogP contribution in [-0.2, 0) is 15.8 Å². The SMILES string of the molecule is CC[Si](CC)(CC)OCc1ccc(C(=O)OC)cc1. The van der Waals surface area contributed by atoms with Gasteiger partial charge in [-0.2, -0.15) is 0 Å². The Hall–Kier alpha value is -1.13. The van der Waals surface area contributed by atoms with Crippen molar-refractivity contribution in [2.24, 2.45) is 0 Å². The third-order valence-electron chi connectivity index (χ3n) is 3.85. The van der Waals surface area contributed by atoms with Crippen molar-refractivity contribution in [1.82, 2.24) is 0 Å². The van der Waals surface area contributed by atoms with Gasteiger partial charge in [-0.3, -0.25) is 0 Å². The molecule has 0 heterocycles. The summed E-state index contributed by atoms with van der Waals surface area (Å²) < 4.78 is 10.9. The second-order valence-corrected chi connectivity index (χ2v) is 9.50. The van der Waals surface area contributed by atoms with Gasteiger partial charge in [0.1, 0.15) is 0 Å². The third-order valence-corrected chi connectivity index (χ3v) is 8.48. The van der Waals surface area contributed by atoms with Crippen LogP contribution in [-0.4, -0.2) is 21.4 Å². The Bertz CT molecular complexity index is 388. The van der Waals surface area contributed by atoms with Gasteiger partial charge in [-0.05, 0) is 35.8 Å². The molecule has 1 rings (SSSR count). The molecule has 1 aromatic carbocycles. The Labute approximate surface area is 117 Å². The lowest BCUT2D eigenvalue weighted by Crippen LogP contribution is -2.35. The first-order valence-electron chi connectivity index (χ1n) is 6.92. The fourth-order valence-electron chi connectivity index (χ4n) is 2.15. The van der Waals surface area contributed by atoms with Crippen LogP contribution in [0.4, 0.5) is 0 Å². The number of carbonyl (C=O) groups excluding carboxylic acids is 1. The molecule has 0 amide bonds. The second-order valence-electron chi connectivity index (χ2n) is 4.72. The summed E-state index contributed by atoms with van der Waals surface area (Å²) >= 11 is 0. The molecule has 0 unspecified atom stereocenters. The van der Waals surface area contributed by atoms with E-state index in [2.05, 4.69) is 25.5 Å². The van der Waals surface area contributed by atoms with Crippen LogP contribution >= 0.6 is 0 Å². The minimum Gasteiger partial charge on any atom is -0.465 e. The van der Waals surface area contributed by atoms with Gasteiger partial charge in [0, 0.05) is 0 Å². The number of ether oxygens (including phenoxy) is 1. The molecule has 19 heavy (non-hydrogen) atoms. The van der Waals surface area contributed by atoms with E-state index < -0.39 is 8.32 Å². The lowest BCUT2D eigenvalue weighted by atomic mass is 10.1. The zero-order valence-electron chi connectivity index (χ0n) is 12.4. The van der Waals surface area contributed by atoms with Gasteiger partial charge < -0.3 is 9.16 Å². The Morgan fingerprint density at radius 3 is 2.00 bits per heavy atom. The molecule has 0 aliphatic carbocycles. The van der Waals surface area contributed by atoms with E-state index in [0.717, 1.165) is 23.7 Å². The van der Waals surface area contributed by atoms with Crippen molar-refractivity contribution in [3.63, 3.8) is 0 Å². The maximum Gasteiger partial charge on any atom is 0.337 e. The van der Waals surface area contributed by atoms with Gasteiger partial charge in [0.05, 0.1) is 19.3 Å². The molecule has 0 fully saturated rings. The molecule has 0 aliphatic rings. The molecule has 0 N–H and O–H groups in total. The smallest absolute Gasteiger partial charge is 0.337 e. The summed E-state index contributed by atoms with van der Waals surface area (Å²) in [6.07, 6.45) is 0. The summed E-state index contributed by atoms with van der Waals surface area (Å²) in [5.74, 6) is -0.299. The average Bonchev–Trinajstić information content (AvgIpc) is 2.49. The van der Waals surface area contributed by atoms with Gasteiger partial charge in [-0.1, -0.05) is 32.9 Å². The van der Waals surface area contributed by atoms with Crippen molar-refractivity contribution in [1.29, 1.82) is 0 Å². The van der Waals surface area contributed by atoms with Crippen LogP contribution in [0.5, 0.6) is 0 Å². The van der Waals surface area contributed by atoms with Gasteiger partial charge in [-0.15, -0.1) is 0 Å². The Kier molecular flexibility index (Phi) is 6.25. The fourth-order valence-corrected chi connectivity index (χ4v) is 4.73. The summed E-state index contributed by atoms with van der Waals surface area (Å²) in [4.78, 5) is 11.3. The van der Waals surface area contributed by atoms with Crippen molar-refractivity contribution in [2.75, 3.05) is 7.11 Å². The van der Waals surface area contributed by atoms with Crippen molar-refractivity contribution >= 4 is 14.3 Å². The predicted octanol–water partition coefficient (Wildman–Crippen LogP) is 4.00. The number of rotatable bonds is 7. The lowest BCUT2D eigenvalue weighted by Gasteiger charge is -2.28. The first kappa shape index (κ1) is 15.9. The molecule has 0 aliphatic heterocycles. The number of methoxy groups -OCH3 is 1. The molecule has 0 bridgehead atoms. The molecule has 0 spiro atoms. The highest BCUT2D eigenvalue weighted by Crippen LogP contribution is 2.23. The van der Waals surface area contributed by atoms with Crippen molar-refractivity contribution in [3.05, 3.63) is 35.4 Å². The van der Waals surface area contributed by atoms with E-state index in [9.17, 15) is 4.79 Å². The Morgan fingerprint density at radius 2 is 1.58 bits per heavy atom. The summed E-state index contributed by atoms with van der Waals surface area (Å²) in [6, 6.07) is 10.9. The highest BCUT2D eigenvalue weighted by Gasteiger charge is 2.28. The normalized spacial score (nSPS) is 11.4. The van der Waals surface area contributed by atoms with E-state index in [0.29, 0.717) is 12.2 Å². The van der Waals surface area contributed by atoms with Crippen molar-refractivity contribution in [3.8, 4) is 0 Å². The number of carbonyl (C=O) groups is 1. The zero-order valence-corrected chi connectivity index (χ0v) is 13.4. The molecule has 1 aromatic rings. The minimum atomic E-state index is -1.53. The number of hydrogen-bond acceptors (Lipinski definition) is 3. The molecule has 3 nitrogen and oxygen atoms in total. The standard InChI is InChI=1S/C15H24O3Si/c1-5-19(6-2,7-3)18-12-13-8-10-14(11-9-13)15(16)17-4/h8-11H,5-7,12H2,1-4H3. The van der Waals surface area contributed by atoms with Crippen molar-refractivity contribution in [2.45, 2.75) is 45.5 Å². The fraction of sp³-hybridized carbons (Fsp3) is 0.533. The second kappa shape index (κ2) is 7.45. The lowest BCUT2D eigenvalue weighted by molar-refractivity contribution is 0.0600. The first-order valence-corrected chi connectivity index (χ1v) is 9.45. The first-order chi connectivity index (χ1) is 9.10. The molecule has 4 heteroatoms. The molecule has 0 radical (unpaired) electrons. The molecular weight excluding hydrogens is 256 g/mol. The molecule has 0 saturated heterocycles. The number of benzene rings is 1. The van der Waals surface area contributed by atoms with Crippen molar-refractivity contribution < 1.29 is 14.0 Å². The van der Waals surface area contributed by atoms with Crippen LogP contribution in [0.2, 0.25) is 18.1 Å². The maximum atomic E-state index is 11.3. The Morgan fingerprint density at radius 1 is 1.05 bits per heavy atom. The zero-order chi connectivity index (χ0) is 14.3. The summed E-state index contributed by atoms with van der Waals surface area (Å²) in [5, 5.41) is 0. The van der Waals surface area contributed by atoms with E-state index in [1.54, 1.807) is 12.1 Å². The highest BCUT2D eigenvalue weighted by atomic mass is 28.4. The van der Waals surface area contributed by atoms with Crippen LogP contribution in [0.25, 0.3) is 0 Å². The topological polar surface area (TPSA) is 35.5 Å². The molecular formula is C15H24O3Si. The van der Waals surface area contributed by atoms with Crippen LogP contribution in [0.3, 0.4) is 0 Å². The van der Waals surface area contributed by atoms with Gasteiger partial charge in [0.2, 0.25) is 0 Å².